The number of dihydropyridines is 1. The molecule has 0 saturated carbocycles. The van der Waals surface area contributed by atoms with Crippen LogP contribution in [-0.4, -0.2) is 60.0 Å². The fraction of sp³-hybridized carbons (Fsp3) is 0.361. The van der Waals surface area contributed by atoms with Crippen molar-refractivity contribution in [2.24, 2.45) is 0 Å². The quantitative estimate of drug-likeness (QED) is 0.0911. The Hall–Kier alpha value is -4.02. The predicted molar refractivity (Wildman–Crippen MR) is 182 cm³/mol. The number of hydrogen-bond acceptors (Lipinski definition) is 8. The monoisotopic (exact) mass is 649 g/mol. The lowest BCUT2D eigenvalue weighted by Gasteiger charge is -2.36. The summed E-state index contributed by atoms with van der Waals surface area (Å²) in [6.45, 7) is 8.50. The molecule has 246 valence electrons. The number of likely N-dealkylation sites (N-methyl/N-ethyl adjacent to an activating group) is 1. The third kappa shape index (κ3) is 8.82. The summed E-state index contributed by atoms with van der Waals surface area (Å²) in [5.74, 6) is -1.17. The van der Waals surface area contributed by atoms with Crippen LogP contribution < -0.4 is 5.32 Å². The van der Waals surface area contributed by atoms with E-state index < -0.39 is 28.7 Å². The first-order valence-electron chi connectivity index (χ1n) is 15.1. The summed E-state index contributed by atoms with van der Waals surface area (Å²) < 4.78 is 11.4. The molecule has 0 saturated heterocycles. The number of aliphatic hydroxyl groups is 1. The van der Waals surface area contributed by atoms with Crippen LogP contribution in [0.25, 0.3) is 0 Å². The van der Waals surface area contributed by atoms with Crippen LogP contribution in [0.1, 0.15) is 62.6 Å². The SMILES string of the molecule is COC(O)C1=C(C)NC(C)=C(C(=O)OC(C)(C)CN(C)CCC(c2ccccc2)c2ccccc2)C1c1cccc([N+](=O)[O-])c1.Cl. The maximum Gasteiger partial charge on any atom is 0.337 e. The van der Waals surface area contributed by atoms with E-state index in [9.17, 15) is 20.0 Å². The zero-order valence-electron chi connectivity index (χ0n) is 27.2. The summed E-state index contributed by atoms with van der Waals surface area (Å²) in [5.41, 5.74) is 3.77. The average molecular weight is 650 g/mol. The van der Waals surface area contributed by atoms with E-state index in [0.29, 0.717) is 29.1 Å². The summed E-state index contributed by atoms with van der Waals surface area (Å²) in [4.78, 5) is 27.3. The Morgan fingerprint density at radius 1 is 1.00 bits per heavy atom. The van der Waals surface area contributed by atoms with Gasteiger partial charge in [0.05, 0.1) is 10.5 Å². The van der Waals surface area contributed by atoms with E-state index in [1.54, 1.807) is 26.0 Å². The minimum Gasteiger partial charge on any atom is -0.455 e. The van der Waals surface area contributed by atoms with Crippen molar-refractivity contribution in [1.29, 1.82) is 0 Å². The van der Waals surface area contributed by atoms with Gasteiger partial charge in [0.25, 0.3) is 5.69 Å². The fourth-order valence-corrected chi connectivity index (χ4v) is 6.21. The second-order valence-electron chi connectivity index (χ2n) is 12.2. The zero-order chi connectivity index (χ0) is 32.7. The highest BCUT2D eigenvalue weighted by molar-refractivity contribution is 5.93. The van der Waals surface area contributed by atoms with Gasteiger partial charge >= 0.3 is 5.97 Å². The van der Waals surface area contributed by atoms with Crippen LogP contribution in [0.4, 0.5) is 5.69 Å². The fourth-order valence-electron chi connectivity index (χ4n) is 6.21. The largest absolute Gasteiger partial charge is 0.455 e. The molecule has 9 nitrogen and oxygen atoms in total. The molecule has 0 radical (unpaired) electrons. The van der Waals surface area contributed by atoms with Gasteiger partial charge in [-0.1, -0.05) is 72.8 Å². The van der Waals surface area contributed by atoms with Crippen LogP contribution in [0.2, 0.25) is 0 Å². The molecule has 0 fully saturated rings. The Morgan fingerprint density at radius 3 is 2.13 bits per heavy atom. The lowest BCUT2D eigenvalue weighted by atomic mass is 9.80. The Morgan fingerprint density at radius 2 is 1.59 bits per heavy atom. The summed E-state index contributed by atoms with van der Waals surface area (Å²) in [7, 11) is 3.37. The molecule has 0 bridgehead atoms. The normalized spacial score (nSPS) is 15.8. The summed E-state index contributed by atoms with van der Waals surface area (Å²) >= 11 is 0. The Labute approximate surface area is 277 Å². The molecule has 46 heavy (non-hydrogen) atoms. The van der Waals surface area contributed by atoms with Crippen molar-refractivity contribution in [3.8, 4) is 0 Å². The maximum absolute atomic E-state index is 14.0. The number of benzene rings is 3. The number of rotatable bonds is 13. The molecule has 4 rings (SSSR count). The molecule has 3 aromatic carbocycles. The van der Waals surface area contributed by atoms with Crippen LogP contribution in [-0.2, 0) is 14.3 Å². The third-order valence-electron chi connectivity index (χ3n) is 8.16. The van der Waals surface area contributed by atoms with Crippen LogP contribution >= 0.6 is 12.4 Å². The average Bonchev–Trinajstić information content (AvgIpc) is 3.01. The topological polar surface area (TPSA) is 114 Å². The van der Waals surface area contributed by atoms with Crippen molar-refractivity contribution in [3.05, 3.63) is 134 Å². The minimum absolute atomic E-state index is 0. The second kappa shape index (κ2) is 16.0. The maximum atomic E-state index is 14.0. The van der Waals surface area contributed by atoms with Gasteiger partial charge in [0, 0.05) is 54.6 Å². The van der Waals surface area contributed by atoms with Gasteiger partial charge in [0.15, 0.2) is 6.29 Å². The number of allylic oxidation sites excluding steroid dienone is 2. The number of hydrogen-bond donors (Lipinski definition) is 2. The van der Waals surface area contributed by atoms with Gasteiger partial charge in [0.1, 0.15) is 5.60 Å². The Balaban J connectivity index is 0.00000576. The van der Waals surface area contributed by atoms with Crippen molar-refractivity contribution in [2.45, 2.75) is 57.8 Å². The van der Waals surface area contributed by atoms with Gasteiger partial charge in [-0.25, -0.2) is 4.79 Å². The summed E-state index contributed by atoms with van der Waals surface area (Å²) in [5, 5.41) is 25.6. The summed E-state index contributed by atoms with van der Waals surface area (Å²) in [6, 6.07) is 27.0. The molecule has 0 spiro atoms. The van der Waals surface area contributed by atoms with Crippen LogP contribution in [0, 0.1) is 10.1 Å². The molecule has 0 aromatic heterocycles. The molecule has 3 aromatic rings. The first kappa shape index (κ1) is 36.4. The van der Waals surface area contributed by atoms with E-state index in [1.165, 1.54) is 30.4 Å². The molecule has 1 heterocycles. The molecule has 1 aliphatic rings. The van der Waals surface area contributed by atoms with Crippen molar-refractivity contribution in [2.75, 3.05) is 27.2 Å². The van der Waals surface area contributed by atoms with Crippen LogP contribution in [0.15, 0.2) is 107 Å². The number of ether oxygens (including phenoxy) is 2. The number of halogens is 1. The van der Waals surface area contributed by atoms with Crippen molar-refractivity contribution in [3.63, 3.8) is 0 Å². The highest BCUT2D eigenvalue weighted by atomic mass is 35.5. The molecule has 0 aliphatic carbocycles. The highest BCUT2D eigenvalue weighted by Gasteiger charge is 2.39. The number of aliphatic hydroxyl groups excluding tert-OH is 1. The molecule has 2 atom stereocenters. The molecule has 0 amide bonds. The van der Waals surface area contributed by atoms with Crippen molar-refractivity contribution >= 4 is 24.1 Å². The van der Waals surface area contributed by atoms with E-state index >= 15 is 0 Å². The Bertz CT molecular complexity index is 1520. The smallest absolute Gasteiger partial charge is 0.337 e. The zero-order valence-corrected chi connectivity index (χ0v) is 28.0. The lowest BCUT2D eigenvalue weighted by molar-refractivity contribution is -0.384. The lowest BCUT2D eigenvalue weighted by Crippen LogP contribution is -2.42. The van der Waals surface area contributed by atoms with Gasteiger partial charge in [0.2, 0.25) is 0 Å². The number of methoxy groups -OCH3 is 1. The second-order valence-corrected chi connectivity index (χ2v) is 12.2. The molecule has 1 aliphatic heterocycles. The molecule has 10 heteroatoms. The number of nitro groups is 1. The van der Waals surface area contributed by atoms with E-state index in [1.807, 2.05) is 33.0 Å². The number of nitrogens with one attached hydrogen (secondary N) is 1. The van der Waals surface area contributed by atoms with Crippen LogP contribution in [0.5, 0.6) is 0 Å². The minimum atomic E-state index is -1.35. The van der Waals surface area contributed by atoms with Crippen molar-refractivity contribution < 1.29 is 24.3 Å². The molecular formula is C36H44ClN3O6. The van der Waals surface area contributed by atoms with Gasteiger partial charge in [-0.2, -0.15) is 0 Å². The molecule has 2 N–H and O–H groups in total. The number of nitrogens with zero attached hydrogens (tertiary/aromatic N) is 2. The van der Waals surface area contributed by atoms with Gasteiger partial charge in [-0.05, 0) is 64.4 Å². The van der Waals surface area contributed by atoms with Crippen molar-refractivity contribution in [1.82, 2.24) is 10.2 Å². The molecular weight excluding hydrogens is 606 g/mol. The van der Waals surface area contributed by atoms with Gasteiger partial charge in [-0.3, -0.25) is 10.1 Å². The number of esters is 1. The van der Waals surface area contributed by atoms with E-state index in [4.69, 9.17) is 9.47 Å². The number of non-ortho nitro benzene ring substituents is 1. The van der Waals surface area contributed by atoms with Gasteiger partial charge < -0.3 is 24.8 Å². The molecule has 2 unspecified atom stereocenters. The number of carbonyl (C=O) groups excluding carboxylic acids is 1. The van der Waals surface area contributed by atoms with E-state index in [0.717, 1.165) is 13.0 Å². The third-order valence-corrected chi connectivity index (χ3v) is 8.16. The highest BCUT2D eigenvalue weighted by Crippen LogP contribution is 2.41. The van der Waals surface area contributed by atoms with E-state index in [-0.39, 0.29) is 29.6 Å². The summed E-state index contributed by atoms with van der Waals surface area (Å²) in [6.07, 6.45) is -0.473. The van der Waals surface area contributed by atoms with Gasteiger partial charge in [-0.15, -0.1) is 12.4 Å². The number of carbonyl (C=O) groups is 1. The number of nitro benzene ring substituents is 1. The Kier molecular flexibility index (Phi) is 12.7. The van der Waals surface area contributed by atoms with Crippen LogP contribution in [0.3, 0.4) is 0 Å². The first-order valence-corrected chi connectivity index (χ1v) is 15.1. The predicted octanol–water partition coefficient (Wildman–Crippen LogP) is 6.69. The first-order chi connectivity index (χ1) is 21.4. The standard InChI is InChI=1S/C36H43N3O6.ClH/c1-24-31(34(40)44-6)33(28-18-13-19-29(22-28)39(42)43)32(25(2)37-24)35(41)45-36(3,4)23-38(5)21-20-30(26-14-9-7-10-15-26)27-16-11-8-12-17-27;/h7-19,22,30,33-34,37,40H,20-21,23H2,1-6H3;1H. The van der Waals surface area contributed by atoms with E-state index in [2.05, 4.69) is 58.7 Å².